The van der Waals surface area contributed by atoms with E-state index in [0.29, 0.717) is 6.07 Å². The molecule has 0 aliphatic rings. The van der Waals surface area contributed by atoms with Crippen molar-refractivity contribution in [3.63, 3.8) is 0 Å². The first kappa shape index (κ1) is 16.9. The second-order valence-electron chi connectivity index (χ2n) is 4.06. The molecule has 1 rings (SSSR count). The Morgan fingerprint density at radius 1 is 1.29 bits per heavy atom. The molecule has 0 aliphatic carbocycles. The predicted octanol–water partition coefficient (Wildman–Crippen LogP) is 1.41. The number of aliphatic hydroxyl groups is 1. The molecule has 1 amide bonds. The second kappa shape index (κ2) is 6.53. The number of nitrogens with one attached hydrogen (secondary N) is 1. The second-order valence-corrected chi connectivity index (χ2v) is 4.06. The standard InChI is InChI=1S/C12H11F4NO4/c13-9-6(2-1-3-7(9)12(14,15)16)10(19)17-5-4-8(18)11(20)21/h1-3,8,18H,4-5H2,(H,17,19)(H,20,21)/t8-/m0/s1. The first-order valence-electron chi connectivity index (χ1n) is 5.69. The highest BCUT2D eigenvalue weighted by Crippen LogP contribution is 2.32. The lowest BCUT2D eigenvalue weighted by Crippen LogP contribution is -2.30. The molecular weight excluding hydrogens is 298 g/mol. The van der Waals surface area contributed by atoms with E-state index in [1.165, 1.54) is 0 Å². The number of alkyl halides is 3. The monoisotopic (exact) mass is 309 g/mol. The van der Waals surface area contributed by atoms with Gasteiger partial charge in [0, 0.05) is 13.0 Å². The average molecular weight is 309 g/mol. The maximum absolute atomic E-state index is 13.6. The van der Waals surface area contributed by atoms with Crippen LogP contribution in [0, 0.1) is 5.82 Å². The molecule has 0 fully saturated rings. The molecule has 1 aromatic rings. The number of aliphatic hydroxyl groups excluding tert-OH is 1. The molecule has 0 aromatic heterocycles. The van der Waals surface area contributed by atoms with Gasteiger partial charge in [0.25, 0.3) is 5.91 Å². The lowest BCUT2D eigenvalue weighted by Gasteiger charge is -2.11. The Kier molecular flexibility index (Phi) is 5.25. The highest BCUT2D eigenvalue weighted by Gasteiger charge is 2.35. The van der Waals surface area contributed by atoms with Crippen molar-refractivity contribution >= 4 is 11.9 Å². The van der Waals surface area contributed by atoms with E-state index in [-0.39, 0.29) is 13.0 Å². The van der Waals surface area contributed by atoms with Crippen LogP contribution in [0.15, 0.2) is 18.2 Å². The number of rotatable bonds is 5. The first-order valence-corrected chi connectivity index (χ1v) is 5.69. The Balaban J connectivity index is 2.78. The van der Waals surface area contributed by atoms with Crippen LogP contribution >= 0.6 is 0 Å². The molecule has 0 saturated carbocycles. The number of hydrogen-bond donors (Lipinski definition) is 3. The molecule has 0 spiro atoms. The molecule has 3 N–H and O–H groups in total. The molecule has 0 aliphatic heterocycles. The van der Waals surface area contributed by atoms with Crippen molar-refractivity contribution in [2.24, 2.45) is 0 Å². The van der Waals surface area contributed by atoms with Gasteiger partial charge in [0.05, 0.1) is 11.1 Å². The van der Waals surface area contributed by atoms with Crippen molar-refractivity contribution in [1.82, 2.24) is 5.32 Å². The van der Waals surface area contributed by atoms with Crippen molar-refractivity contribution in [2.75, 3.05) is 6.54 Å². The van der Waals surface area contributed by atoms with Gasteiger partial charge in [-0.25, -0.2) is 9.18 Å². The number of hydrogen-bond acceptors (Lipinski definition) is 3. The Labute approximate surface area is 116 Å². The van der Waals surface area contributed by atoms with E-state index in [9.17, 15) is 27.2 Å². The van der Waals surface area contributed by atoms with Gasteiger partial charge >= 0.3 is 12.1 Å². The fourth-order valence-corrected chi connectivity index (χ4v) is 1.47. The number of halogens is 4. The van der Waals surface area contributed by atoms with Gasteiger partial charge in [-0.3, -0.25) is 4.79 Å². The predicted molar refractivity (Wildman–Crippen MR) is 62.0 cm³/mol. The molecule has 21 heavy (non-hydrogen) atoms. The van der Waals surface area contributed by atoms with Gasteiger partial charge in [0.1, 0.15) is 5.82 Å². The maximum Gasteiger partial charge on any atom is 0.419 e. The highest BCUT2D eigenvalue weighted by molar-refractivity contribution is 5.94. The molecule has 5 nitrogen and oxygen atoms in total. The van der Waals surface area contributed by atoms with E-state index < -0.39 is 41.1 Å². The summed E-state index contributed by atoms with van der Waals surface area (Å²) < 4.78 is 51.0. The molecule has 0 bridgehead atoms. The van der Waals surface area contributed by atoms with Gasteiger partial charge in [-0.2, -0.15) is 13.2 Å². The summed E-state index contributed by atoms with van der Waals surface area (Å²) in [7, 11) is 0. The Morgan fingerprint density at radius 2 is 1.90 bits per heavy atom. The fourth-order valence-electron chi connectivity index (χ4n) is 1.47. The topological polar surface area (TPSA) is 86.6 Å². The van der Waals surface area contributed by atoms with Gasteiger partial charge in [0.15, 0.2) is 6.10 Å². The lowest BCUT2D eigenvalue weighted by molar-refractivity contribution is -0.146. The molecular formula is C12H11F4NO4. The van der Waals surface area contributed by atoms with Crippen molar-refractivity contribution in [3.05, 3.63) is 35.1 Å². The zero-order valence-corrected chi connectivity index (χ0v) is 10.4. The summed E-state index contributed by atoms with van der Waals surface area (Å²) in [6.45, 7) is -0.331. The summed E-state index contributed by atoms with van der Waals surface area (Å²) in [6, 6.07) is 2.25. The van der Waals surface area contributed by atoms with Crippen LogP contribution in [0.5, 0.6) is 0 Å². The SMILES string of the molecule is O=C(NCC[C@H](O)C(=O)O)c1cccc(C(F)(F)F)c1F. The van der Waals surface area contributed by atoms with Gasteiger partial charge in [-0.1, -0.05) is 6.07 Å². The molecule has 0 unspecified atom stereocenters. The molecule has 0 radical (unpaired) electrons. The Hall–Kier alpha value is -2.16. The van der Waals surface area contributed by atoms with Crippen LogP contribution in [0.3, 0.4) is 0 Å². The van der Waals surface area contributed by atoms with Crippen LogP contribution in [0.1, 0.15) is 22.3 Å². The van der Waals surface area contributed by atoms with Crippen LogP contribution in [-0.2, 0) is 11.0 Å². The largest absolute Gasteiger partial charge is 0.479 e. The van der Waals surface area contributed by atoms with E-state index in [0.717, 1.165) is 12.1 Å². The normalized spacial score (nSPS) is 12.8. The Morgan fingerprint density at radius 3 is 2.43 bits per heavy atom. The van der Waals surface area contributed by atoms with Crippen LogP contribution in [0.2, 0.25) is 0 Å². The third-order valence-corrected chi connectivity index (χ3v) is 2.54. The lowest BCUT2D eigenvalue weighted by atomic mass is 10.1. The molecule has 1 aromatic carbocycles. The van der Waals surface area contributed by atoms with Crippen molar-refractivity contribution in [3.8, 4) is 0 Å². The summed E-state index contributed by atoms with van der Waals surface area (Å²) in [5.41, 5.74) is -2.38. The van der Waals surface area contributed by atoms with E-state index in [1.807, 2.05) is 5.32 Å². The van der Waals surface area contributed by atoms with Crippen molar-refractivity contribution < 1.29 is 37.4 Å². The number of carboxylic acid groups (broad SMARTS) is 1. The molecule has 9 heteroatoms. The van der Waals surface area contributed by atoms with Crippen molar-refractivity contribution in [1.29, 1.82) is 0 Å². The number of amides is 1. The van der Waals surface area contributed by atoms with E-state index in [2.05, 4.69) is 0 Å². The number of carboxylic acids is 1. The number of carbonyl (C=O) groups is 2. The molecule has 1 atom stereocenters. The number of benzene rings is 1. The maximum atomic E-state index is 13.6. The first-order chi connectivity index (χ1) is 9.64. The average Bonchev–Trinajstić information content (AvgIpc) is 2.37. The van der Waals surface area contributed by atoms with Crippen LogP contribution in [0.4, 0.5) is 17.6 Å². The van der Waals surface area contributed by atoms with Crippen LogP contribution in [-0.4, -0.2) is 34.7 Å². The van der Waals surface area contributed by atoms with E-state index in [4.69, 9.17) is 10.2 Å². The van der Waals surface area contributed by atoms with Crippen LogP contribution < -0.4 is 5.32 Å². The summed E-state index contributed by atoms with van der Waals surface area (Å²) >= 11 is 0. The summed E-state index contributed by atoms with van der Waals surface area (Å²) in [5, 5.41) is 19.4. The Bertz CT molecular complexity index is 545. The van der Waals surface area contributed by atoms with Crippen molar-refractivity contribution in [2.45, 2.75) is 18.7 Å². The fraction of sp³-hybridized carbons (Fsp3) is 0.333. The zero-order valence-electron chi connectivity index (χ0n) is 10.4. The van der Waals surface area contributed by atoms with Gasteiger partial charge < -0.3 is 15.5 Å². The minimum Gasteiger partial charge on any atom is -0.479 e. The van der Waals surface area contributed by atoms with Gasteiger partial charge in [-0.05, 0) is 12.1 Å². The zero-order chi connectivity index (χ0) is 16.2. The minimum atomic E-state index is -4.93. The molecule has 116 valence electrons. The number of carbonyl (C=O) groups excluding carboxylic acids is 1. The summed E-state index contributed by atoms with van der Waals surface area (Å²) in [4.78, 5) is 21.9. The smallest absolute Gasteiger partial charge is 0.419 e. The molecule has 0 saturated heterocycles. The summed E-state index contributed by atoms with van der Waals surface area (Å²) in [6.07, 6.45) is -7.02. The quantitative estimate of drug-likeness (QED) is 0.718. The van der Waals surface area contributed by atoms with E-state index >= 15 is 0 Å². The molecule has 0 heterocycles. The van der Waals surface area contributed by atoms with E-state index in [1.54, 1.807) is 0 Å². The van der Waals surface area contributed by atoms with Gasteiger partial charge in [0.2, 0.25) is 0 Å². The summed E-state index contributed by atoms with van der Waals surface area (Å²) in [5.74, 6) is -4.34. The van der Waals surface area contributed by atoms with Crippen LogP contribution in [0.25, 0.3) is 0 Å². The highest BCUT2D eigenvalue weighted by atomic mass is 19.4. The number of aliphatic carboxylic acids is 1. The third-order valence-electron chi connectivity index (χ3n) is 2.54. The van der Waals surface area contributed by atoms with Gasteiger partial charge in [-0.15, -0.1) is 0 Å². The minimum absolute atomic E-state index is 0.331. The third kappa shape index (κ3) is 4.42.